The van der Waals surface area contributed by atoms with Gasteiger partial charge in [-0.25, -0.2) is 18.7 Å². The quantitative estimate of drug-likeness (QED) is 0.102. The van der Waals surface area contributed by atoms with Gasteiger partial charge in [0, 0.05) is 41.6 Å². The van der Waals surface area contributed by atoms with E-state index in [9.17, 15) is 24.0 Å². The second-order valence-corrected chi connectivity index (χ2v) is 11.4. The van der Waals surface area contributed by atoms with E-state index in [1.54, 1.807) is 86.4 Å². The Morgan fingerprint density at radius 1 is 0.962 bits per heavy atom. The number of nitrogens with two attached hydrogens (primary N) is 1. The van der Waals surface area contributed by atoms with Crippen molar-refractivity contribution in [1.82, 2.24) is 14.3 Å². The number of pyridine rings is 1. The maximum absolute atomic E-state index is 15.2. The Morgan fingerprint density at radius 3 is 2.25 bits per heavy atom. The van der Waals surface area contributed by atoms with E-state index in [0.29, 0.717) is 45.9 Å². The highest BCUT2D eigenvalue weighted by Crippen LogP contribution is 2.33. The third kappa shape index (κ3) is 9.92. The number of nitrogens with one attached hydrogen (secondary N) is 1. The lowest BCUT2D eigenvalue weighted by Gasteiger charge is -2.19. The number of esters is 1. The number of carbonyl (C=O) groups excluding carboxylic acids is 2. The predicted octanol–water partition coefficient (Wildman–Crippen LogP) is 4.68. The van der Waals surface area contributed by atoms with Crippen molar-refractivity contribution in [1.29, 1.82) is 0 Å². The topological polar surface area (TPSA) is 214 Å². The molecule has 5 rings (SSSR count). The second-order valence-electron chi connectivity index (χ2n) is 11.4. The molecule has 0 aliphatic heterocycles. The molecule has 0 radical (unpaired) electrons. The smallest absolute Gasteiger partial charge is 0.328 e. The Kier molecular flexibility index (Phi) is 12.8. The lowest BCUT2D eigenvalue weighted by atomic mass is 10.2. The van der Waals surface area contributed by atoms with E-state index in [-0.39, 0.29) is 23.5 Å². The average molecular weight is 730 g/mol. The van der Waals surface area contributed by atoms with E-state index in [1.807, 2.05) is 0 Å². The van der Waals surface area contributed by atoms with Crippen molar-refractivity contribution in [3.8, 4) is 22.9 Å². The number of nitrogens with zero attached hydrogens (tertiary/aromatic N) is 3. The summed E-state index contributed by atoms with van der Waals surface area (Å²) in [5.41, 5.74) is 6.45. The van der Waals surface area contributed by atoms with Crippen LogP contribution < -0.4 is 26.1 Å². The third-order valence-electron chi connectivity index (χ3n) is 7.43. The van der Waals surface area contributed by atoms with Crippen LogP contribution in [0.3, 0.4) is 0 Å². The van der Waals surface area contributed by atoms with Gasteiger partial charge in [-0.05, 0) is 63.2 Å². The van der Waals surface area contributed by atoms with Gasteiger partial charge >= 0.3 is 17.9 Å². The number of benzene rings is 3. The molecular formula is C37H36FN5O10. The van der Waals surface area contributed by atoms with Gasteiger partial charge < -0.3 is 35.5 Å². The highest BCUT2D eigenvalue weighted by molar-refractivity contribution is 6.05. The number of rotatable bonds is 12. The van der Waals surface area contributed by atoms with Gasteiger partial charge in [0.25, 0.3) is 11.5 Å². The first-order valence-electron chi connectivity index (χ1n) is 15.9. The van der Waals surface area contributed by atoms with Crippen LogP contribution in [0.4, 0.5) is 10.1 Å². The van der Waals surface area contributed by atoms with Crippen LogP contribution in [0.1, 0.15) is 29.9 Å². The summed E-state index contributed by atoms with van der Waals surface area (Å²) < 4.78 is 34.6. The van der Waals surface area contributed by atoms with E-state index in [1.165, 1.54) is 23.7 Å². The number of ether oxygens (including phenoxy) is 3. The molecule has 1 amide bonds. The number of aromatic nitrogens is 3. The van der Waals surface area contributed by atoms with Crippen LogP contribution in [-0.4, -0.2) is 67.6 Å². The molecule has 2 atom stereocenters. The van der Waals surface area contributed by atoms with E-state index in [4.69, 9.17) is 30.2 Å². The van der Waals surface area contributed by atoms with Crippen molar-refractivity contribution in [2.24, 2.45) is 5.73 Å². The molecule has 0 saturated heterocycles. The molecule has 0 spiro atoms. The van der Waals surface area contributed by atoms with Crippen molar-refractivity contribution in [2.75, 3.05) is 12.4 Å². The van der Waals surface area contributed by atoms with Gasteiger partial charge in [0.05, 0.1) is 30.6 Å². The molecule has 0 fully saturated rings. The molecule has 0 bridgehead atoms. The molecule has 2 aromatic heterocycles. The number of carbonyl (C=O) groups is 4. The summed E-state index contributed by atoms with van der Waals surface area (Å²) in [5.74, 6) is -3.63. The third-order valence-corrected chi connectivity index (χ3v) is 7.43. The Labute approximate surface area is 301 Å². The number of hydrogen-bond acceptors (Lipinski definition) is 10. The number of para-hydroxylation sites is 1. The van der Waals surface area contributed by atoms with Gasteiger partial charge in [0.1, 0.15) is 29.2 Å². The monoisotopic (exact) mass is 729 g/mol. The summed E-state index contributed by atoms with van der Waals surface area (Å²) in [6, 6.07) is 18.8. The summed E-state index contributed by atoms with van der Waals surface area (Å²) >= 11 is 0. The average Bonchev–Trinajstić information content (AvgIpc) is 3.36. The molecule has 276 valence electrons. The Bertz CT molecular complexity index is 2210. The van der Waals surface area contributed by atoms with E-state index < -0.39 is 47.3 Å². The molecule has 3 aromatic carbocycles. The number of carboxylic acid groups (broad SMARTS) is 2. The van der Waals surface area contributed by atoms with Crippen LogP contribution >= 0.6 is 0 Å². The van der Waals surface area contributed by atoms with Crippen LogP contribution in [0.15, 0.2) is 95.9 Å². The molecule has 53 heavy (non-hydrogen) atoms. The second kappa shape index (κ2) is 17.4. The van der Waals surface area contributed by atoms with Crippen LogP contribution in [0, 0.1) is 12.7 Å². The van der Waals surface area contributed by atoms with E-state index >= 15 is 4.39 Å². The zero-order valence-corrected chi connectivity index (χ0v) is 29.0. The summed E-state index contributed by atoms with van der Waals surface area (Å²) in [7, 11) is 1.55. The summed E-state index contributed by atoms with van der Waals surface area (Å²) in [6.45, 7) is 4.86. The number of halogens is 1. The maximum atomic E-state index is 15.2. The molecule has 16 heteroatoms. The highest BCUT2D eigenvalue weighted by atomic mass is 19.1. The van der Waals surface area contributed by atoms with Gasteiger partial charge in [0.2, 0.25) is 0 Å². The lowest BCUT2D eigenvalue weighted by Crippen LogP contribution is -2.34. The molecule has 5 aromatic rings. The van der Waals surface area contributed by atoms with Gasteiger partial charge in [-0.2, -0.15) is 0 Å². The number of fused-ring (bicyclic) bond motifs is 1. The summed E-state index contributed by atoms with van der Waals surface area (Å²) in [4.78, 5) is 62.6. The van der Waals surface area contributed by atoms with Crippen molar-refractivity contribution in [2.45, 2.75) is 39.5 Å². The highest BCUT2D eigenvalue weighted by Gasteiger charge is 2.26. The summed E-state index contributed by atoms with van der Waals surface area (Å²) in [6.07, 6.45) is 2.00. The molecular weight excluding hydrogens is 693 g/mol. The lowest BCUT2D eigenvalue weighted by molar-refractivity contribution is -0.150. The van der Waals surface area contributed by atoms with Crippen molar-refractivity contribution in [3.63, 3.8) is 0 Å². The van der Waals surface area contributed by atoms with Crippen LogP contribution in [-0.2, 0) is 25.7 Å². The zero-order chi connectivity index (χ0) is 38.8. The number of hydrogen-bond donors (Lipinski definition) is 4. The number of amides is 1. The molecule has 0 aliphatic rings. The van der Waals surface area contributed by atoms with Crippen molar-refractivity contribution >= 4 is 40.4 Å². The van der Waals surface area contributed by atoms with Gasteiger partial charge in [-0.15, -0.1) is 0 Å². The first-order valence-corrected chi connectivity index (χ1v) is 15.9. The molecule has 5 N–H and O–H groups in total. The molecule has 2 heterocycles. The molecule has 15 nitrogen and oxygen atoms in total. The van der Waals surface area contributed by atoms with Crippen LogP contribution in [0.25, 0.3) is 16.6 Å². The molecule has 0 aliphatic carbocycles. The SMILES string of the molecule is COc1ccc2c(Oc3ccc(NC(=O)c4c(C)n(CC(C)OC(=O)C(C)N)n(-c5ccccc5)c4=O)cc3F)ccnc2c1.O=C(O)C=CC(=O)O. The van der Waals surface area contributed by atoms with Crippen molar-refractivity contribution < 1.29 is 48.0 Å². The minimum absolute atomic E-state index is 0.0683. The number of carboxylic acids is 2. The van der Waals surface area contributed by atoms with E-state index in [2.05, 4.69) is 10.3 Å². The largest absolute Gasteiger partial charge is 0.497 e. The molecule has 2 unspecified atom stereocenters. The first-order chi connectivity index (χ1) is 25.2. The Balaban J connectivity index is 0.000000703. The van der Waals surface area contributed by atoms with Crippen LogP contribution in [0.5, 0.6) is 17.2 Å². The summed E-state index contributed by atoms with van der Waals surface area (Å²) in [5, 5.41) is 18.9. The number of aliphatic carboxylic acids is 2. The fourth-order valence-electron chi connectivity index (χ4n) is 4.98. The zero-order valence-electron chi connectivity index (χ0n) is 29.0. The Morgan fingerprint density at radius 2 is 1.64 bits per heavy atom. The van der Waals surface area contributed by atoms with Gasteiger partial charge in [-0.3, -0.25) is 24.0 Å². The van der Waals surface area contributed by atoms with Gasteiger partial charge in [-0.1, -0.05) is 18.2 Å². The molecule has 0 saturated carbocycles. The minimum Gasteiger partial charge on any atom is -0.497 e. The maximum Gasteiger partial charge on any atom is 0.328 e. The minimum atomic E-state index is -1.26. The van der Waals surface area contributed by atoms with Crippen LogP contribution in [0.2, 0.25) is 0 Å². The fourth-order valence-corrected chi connectivity index (χ4v) is 4.98. The number of anilines is 1. The standard InChI is InChI=1S/C33H32FN5O6.C4H4O4/c1-19(44-33(42)20(2)35)18-38-21(3)30(32(41)39(38)23-8-6-5-7-9-23)31(40)37-22-10-13-29(26(34)16-22)45-28-14-15-36-27-17-24(43-4)11-12-25(27)28;5-3(6)1-2-4(7)8/h5-17,19-20H,18,35H2,1-4H3,(H,37,40);1-2H,(H,5,6)(H,7,8). The number of methoxy groups -OCH3 is 1. The normalized spacial score (nSPS) is 12.0. The van der Waals surface area contributed by atoms with E-state index in [0.717, 1.165) is 6.07 Å². The van der Waals surface area contributed by atoms with Crippen molar-refractivity contribution in [3.05, 3.63) is 119 Å². The Hall–Kier alpha value is -6.81. The van der Waals surface area contributed by atoms with Gasteiger partial charge in [0.15, 0.2) is 11.6 Å². The predicted molar refractivity (Wildman–Crippen MR) is 191 cm³/mol. The fraction of sp³-hybridized carbons (Fsp3) is 0.189. The first kappa shape index (κ1) is 39.0.